The molecular weight excluding hydrogens is 340 g/mol. The van der Waals surface area contributed by atoms with Crippen molar-refractivity contribution in [1.29, 1.82) is 0 Å². The largest absolute Gasteiger partial charge is 0.493 e. The molecule has 0 aliphatic heterocycles. The summed E-state index contributed by atoms with van der Waals surface area (Å²) in [4.78, 5) is 16.1. The fourth-order valence-corrected chi connectivity index (χ4v) is 2.83. The fourth-order valence-electron chi connectivity index (χ4n) is 2.58. The van der Waals surface area contributed by atoms with Gasteiger partial charge >= 0.3 is 0 Å². The third kappa shape index (κ3) is 3.37. The van der Waals surface area contributed by atoms with Crippen LogP contribution >= 0.6 is 11.6 Å². The number of carbonyl (C=O) groups excluding carboxylic acids is 1. The van der Waals surface area contributed by atoms with Gasteiger partial charge < -0.3 is 15.2 Å². The highest BCUT2D eigenvalue weighted by atomic mass is 35.5. The maximum atomic E-state index is 11.5. The van der Waals surface area contributed by atoms with Crippen molar-refractivity contribution in [2.24, 2.45) is 5.73 Å². The number of benzene rings is 2. The molecule has 1 aromatic heterocycles. The van der Waals surface area contributed by atoms with Crippen LogP contribution in [-0.4, -0.2) is 18.0 Å². The lowest BCUT2D eigenvalue weighted by Crippen LogP contribution is -2.14. The number of nitrogens with zero attached hydrogens (tertiary/aromatic N) is 1. The van der Waals surface area contributed by atoms with Crippen molar-refractivity contribution in [3.8, 4) is 11.5 Å². The Kier molecular flexibility index (Phi) is 4.76. The Labute approximate surface area is 150 Å². The van der Waals surface area contributed by atoms with Crippen LogP contribution in [0, 0.1) is 6.92 Å². The van der Waals surface area contributed by atoms with E-state index < -0.39 is 5.91 Å². The highest BCUT2D eigenvalue weighted by Gasteiger charge is 2.19. The SMILES string of the molecule is COc1cc(C(N)=O)c(C)c(Cl)c1OCc1ccc2ccccc2n1. The lowest BCUT2D eigenvalue weighted by molar-refractivity contribution is 0.0999. The smallest absolute Gasteiger partial charge is 0.249 e. The van der Waals surface area contributed by atoms with Gasteiger partial charge in [0, 0.05) is 10.9 Å². The number of amides is 1. The monoisotopic (exact) mass is 356 g/mol. The van der Waals surface area contributed by atoms with Crippen molar-refractivity contribution in [2.45, 2.75) is 13.5 Å². The molecule has 25 heavy (non-hydrogen) atoms. The first kappa shape index (κ1) is 17.0. The van der Waals surface area contributed by atoms with E-state index in [1.54, 1.807) is 6.92 Å². The van der Waals surface area contributed by atoms with Crippen LogP contribution < -0.4 is 15.2 Å². The fraction of sp³-hybridized carbons (Fsp3) is 0.158. The van der Waals surface area contributed by atoms with Gasteiger partial charge in [0.1, 0.15) is 6.61 Å². The molecule has 0 aliphatic rings. The molecule has 128 valence electrons. The summed E-state index contributed by atoms with van der Waals surface area (Å²) in [6.07, 6.45) is 0. The van der Waals surface area contributed by atoms with E-state index in [0.29, 0.717) is 27.6 Å². The zero-order chi connectivity index (χ0) is 18.0. The van der Waals surface area contributed by atoms with Crippen LogP contribution in [0.3, 0.4) is 0 Å². The number of methoxy groups -OCH3 is 1. The molecular formula is C19H17ClN2O3. The number of fused-ring (bicyclic) bond motifs is 1. The molecule has 0 fully saturated rings. The van der Waals surface area contributed by atoms with Crippen molar-refractivity contribution in [1.82, 2.24) is 4.98 Å². The standard InChI is InChI=1S/C19H17ClN2O3/c1-11-14(19(21)23)9-16(24-2)18(17(11)20)25-10-13-8-7-12-5-3-4-6-15(12)22-13/h3-9H,10H2,1-2H3,(H2,21,23). The Morgan fingerprint density at radius 2 is 2.00 bits per heavy atom. The van der Waals surface area contributed by atoms with E-state index >= 15 is 0 Å². The van der Waals surface area contributed by atoms with Crippen LogP contribution in [0.5, 0.6) is 11.5 Å². The minimum Gasteiger partial charge on any atom is -0.493 e. The Morgan fingerprint density at radius 1 is 1.24 bits per heavy atom. The van der Waals surface area contributed by atoms with Gasteiger partial charge in [-0.2, -0.15) is 0 Å². The molecule has 0 radical (unpaired) electrons. The predicted octanol–water partition coefficient (Wildman–Crippen LogP) is 3.88. The summed E-state index contributed by atoms with van der Waals surface area (Å²) in [5.41, 5.74) is 7.88. The third-order valence-corrected chi connectivity index (χ3v) is 4.39. The normalized spacial score (nSPS) is 10.7. The Balaban J connectivity index is 1.91. The second-order valence-corrected chi connectivity index (χ2v) is 5.92. The number of pyridine rings is 1. The molecule has 0 spiro atoms. The number of hydrogen-bond donors (Lipinski definition) is 1. The van der Waals surface area contributed by atoms with Crippen LogP contribution in [0.1, 0.15) is 21.6 Å². The van der Waals surface area contributed by atoms with E-state index in [2.05, 4.69) is 4.98 Å². The average molecular weight is 357 g/mol. The number of para-hydroxylation sites is 1. The topological polar surface area (TPSA) is 74.4 Å². The van der Waals surface area contributed by atoms with Crippen LogP contribution in [0.25, 0.3) is 10.9 Å². The van der Waals surface area contributed by atoms with Crippen LogP contribution in [0.4, 0.5) is 0 Å². The number of rotatable bonds is 5. The van der Waals surface area contributed by atoms with Crippen molar-refractivity contribution in [2.75, 3.05) is 7.11 Å². The van der Waals surface area contributed by atoms with Gasteiger partial charge in [-0.05, 0) is 30.7 Å². The molecule has 0 aliphatic carbocycles. The van der Waals surface area contributed by atoms with Gasteiger partial charge in [-0.3, -0.25) is 4.79 Å². The van der Waals surface area contributed by atoms with Crippen molar-refractivity contribution in [3.63, 3.8) is 0 Å². The Hall–Kier alpha value is -2.79. The van der Waals surface area contributed by atoms with Gasteiger partial charge in [-0.15, -0.1) is 0 Å². The zero-order valence-electron chi connectivity index (χ0n) is 13.9. The molecule has 6 heteroatoms. The van der Waals surface area contributed by atoms with Crippen LogP contribution in [0.15, 0.2) is 42.5 Å². The van der Waals surface area contributed by atoms with Crippen molar-refractivity contribution < 1.29 is 14.3 Å². The van der Waals surface area contributed by atoms with E-state index in [-0.39, 0.29) is 6.61 Å². The molecule has 0 unspecified atom stereocenters. The molecule has 0 saturated heterocycles. The van der Waals surface area contributed by atoms with E-state index in [0.717, 1.165) is 16.6 Å². The lowest BCUT2D eigenvalue weighted by atomic mass is 10.1. The first-order valence-electron chi connectivity index (χ1n) is 7.65. The molecule has 0 atom stereocenters. The number of halogens is 1. The molecule has 3 rings (SSSR count). The predicted molar refractivity (Wildman–Crippen MR) is 97.3 cm³/mol. The summed E-state index contributed by atoms with van der Waals surface area (Å²) < 4.78 is 11.1. The number of nitrogens with two attached hydrogens (primary N) is 1. The summed E-state index contributed by atoms with van der Waals surface area (Å²) in [6.45, 7) is 1.93. The minimum absolute atomic E-state index is 0.219. The molecule has 5 nitrogen and oxygen atoms in total. The average Bonchev–Trinajstić information content (AvgIpc) is 2.62. The third-order valence-electron chi connectivity index (χ3n) is 3.94. The highest BCUT2D eigenvalue weighted by Crippen LogP contribution is 2.39. The molecule has 1 amide bonds. The van der Waals surface area contributed by atoms with Crippen LogP contribution in [-0.2, 0) is 6.61 Å². The Bertz CT molecular complexity index is 957. The Morgan fingerprint density at radius 3 is 2.72 bits per heavy atom. The van der Waals surface area contributed by atoms with E-state index in [9.17, 15) is 4.79 Å². The summed E-state index contributed by atoms with van der Waals surface area (Å²) in [5.74, 6) is 0.146. The van der Waals surface area contributed by atoms with Gasteiger partial charge in [0.25, 0.3) is 0 Å². The zero-order valence-corrected chi connectivity index (χ0v) is 14.6. The number of primary amides is 1. The number of aromatic nitrogens is 1. The molecule has 0 bridgehead atoms. The summed E-state index contributed by atoms with van der Waals surface area (Å²) in [5, 5.41) is 1.36. The highest BCUT2D eigenvalue weighted by molar-refractivity contribution is 6.33. The van der Waals surface area contributed by atoms with Gasteiger partial charge in [0.2, 0.25) is 5.91 Å². The number of hydrogen-bond acceptors (Lipinski definition) is 4. The van der Waals surface area contributed by atoms with Gasteiger partial charge in [0.05, 0.1) is 23.3 Å². The summed E-state index contributed by atoms with van der Waals surface area (Å²) in [7, 11) is 1.48. The molecule has 2 N–H and O–H groups in total. The number of ether oxygens (including phenoxy) is 2. The maximum Gasteiger partial charge on any atom is 0.249 e. The maximum absolute atomic E-state index is 11.5. The van der Waals surface area contributed by atoms with Crippen molar-refractivity contribution in [3.05, 3.63) is 64.3 Å². The number of carbonyl (C=O) groups is 1. The van der Waals surface area contributed by atoms with Gasteiger partial charge in [-0.1, -0.05) is 35.9 Å². The molecule has 2 aromatic carbocycles. The minimum atomic E-state index is -0.569. The molecule has 3 aromatic rings. The second kappa shape index (κ2) is 6.99. The van der Waals surface area contributed by atoms with E-state index in [4.69, 9.17) is 26.8 Å². The first-order chi connectivity index (χ1) is 12.0. The summed E-state index contributed by atoms with van der Waals surface area (Å²) >= 11 is 6.35. The van der Waals surface area contributed by atoms with Gasteiger partial charge in [0.15, 0.2) is 11.5 Å². The second-order valence-electron chi connectivity index (χ2n) is 5.54. The first-order valence-corrected chi connectivity index (χ1v) is 8.03. The molecule has 0 saturated carbocycles. The van der Waals surface area contributed by atoms with Crippen LogP contribution in [0.2, 0.25) is 5.02 Å². The van der Waals surface area contributed by atoms with Gasteiger partial charge in [-0.25, -0.2) is 4.98 Å². The summed E-state index contributed by atoms with van der Waals surface area (Å²) in [6, 6.07) is 13.3. The van der Waals surface area contributed by atoms with E-state index in [1.807, 2.05) is 36.4 Å². The van der Waals surface area contributed by atoms with Crippen molar-refractivity contribution >= 4 is 28.4 Å². The lowest BCUT2D eigenvalue weighted by Gasteiger charge is -2.16. The van der Waals surface area contributed by atoms with E-state index in [1.165, 1.54) is 13.2 Å². The quantitative estimate of drug-likeness (QED) is 0.752. The molecule has 1 heterocycles.